The van der Waals surface area contributed by atoms with E-state index in [4.69, 9.17) is 24.5 Å². The number of aromatic nitrogens is 4. The smallest absolute Gasteiger partial charge is 0.337 e. The van der Waals surface area contributed by atoms with Crippen LogP contribution in [0.1, 0.15) is 46.0 Å². The summed E-state index contributed by atoms with van der Waals surface area (Å²) >= 11 is 0. The van der Waals surface area contributed by atoms with Gasteiger partial charge < -0.3 is 18.8 Å². The second-order valence-electron chi connectivity index (χ2n) is 11.6. The lowest BCUT2D eigenvalue weighted by Gasteiger charge is -2.28. The number of ether oxygens (including phenoxy) is 3. The summed E-state index contributed by atoms with van der Waals surface area (Å²) in [6.07, 6.45) is 5.97. The number of likely N-dealkylation sites (tertiary alicyclic amines) is 1. The van der Waals surface area contributed by atoms with Crippen LogP contribution in [0.3, 0.4) is 0 Å². The molecule has 224 valence electrons. The third-order valence-electron chi connectivity index (χ3n) is 8.73. The van der Waals surface area contributed by atoms with Gasteiger partial charge in [0.1, 0.15) is 18.2 Å². The molecule has 2 aromatic carbocycles. The summed E-state index contributed by atoms with van der Waals surface area (Å²) in [6, 6.07) is 13.4. The second kappa shape index (κ2) is 11.8. The van der Waals surface area contributed by atoms with Gasteiger partial charge in [-0.15, -0.1) is 0 Å². The molecule has 44 heavy (non-hydrogen) atoms. The Kier molecular flexibility index (Phi) is 7.54. The van der Waals surface area contributed by atoms with Crippen molar-refractivity contribution in [2.75, 3.05) is 26.8 Å². The molecule has 7 rings (SSSR count). The molecule has 0 saturated carbocycles. The summed E-state index contributed by atoms with van der Waals surface area (Å²) in [7, 11) is 1.39. The lowest BCUT2D eigenvalue weighted by Crippen LogP contribution is -2.32. The number of fused-ring (bicyclic) bond motifs is 2. The zero-order valence-corrected chi connectivity index (χ0v) is 24.3. The van der Waals surface area contributed by atoms with E-state index < -0.39 is 5.82 Å². The number of esters is 1. The van der Waals surface area contributed by atoms with Crippen molar-refractivity contribution in [3.05, 3.63) is 88.9 Å². The molecule has 3 aliphatic rings. The molecule has 2 unspecified atom stereocenters. The Morgan fingerprint density at radius 3 is 2.82 bits per heavy atom. The van der Waals surface area contributed by atoms with E-state index in [1.807, 2.05) is 18.2 Å². The summed E-state index contributed by atoms with van der Waals surface area (Å²) < 4.78 is 32.9. The van der Waals surface area contributed by atoms with E-state index in [-0.39, 0.29) is 24.2 Å². The minimum absolute atomic E-state index is 0.00883. The van der Waals surface area contributed by atoms with Gasteiger partial charge in [0.05, 0.1) is 54.5 Å². The molecule has 0 N–H and O–H groups in total. The van der Waals surface area contributed by atoms with E-state index >= 15 is 0 Å². The number of allylic oxidation sites excluding steroid dienone is 1. The molecule has 0 spiro atoms. The van der Waals surface area contributed by atoms with Crippen molar-refractivity contribution < 1.29 is 23.4 Å². The van der Waals surface area contributed by atoms with Crippen molar-refractivity contribution in [3.63, 3.8) is 0 Å². The van der Waals surface area contributed by atoms with E-state index in [1.165, 1.54) is 13.2 Å². The molecule has 10 nitrogen and oxygen atoms in total. The largest absolute Gasteiger partial charge is 0.473 e. The highest BCUT2D eigenvalue weighted by Gasteiger charge is 2.38. The van der Waals surface area contributed by atoms with Gasteiger partial charge in [-0.25, -0.2) is 19.2 Å². The van der Waals surface area contributed by atoms with Crippen LogP contribution in [0, 0.1) is 29.0 Å². The van der Waals surface area contributed by atoms with Crippen LogP contribution in [-0.4, -0.2) is 63.3 Å². The van der Waals surface area contributed by atoms with Crippen molar-refractivity contribution in [2.24, 2.45) is 11.8 Å². The molecule has 0 bridgehead atoms. The Labute approximate surface area is 253 Å². The zero-order chi connectivity index (χ0) is 30.2. The average molecular weight is 595 g/mol. The Morgan fingerprint density at radius 2 is 2.07 bits per heavy atom. The molecule has 0 radical (unpaired) electrons. The Morgan fingerprint density at radius 1 is 1.18 bits per heavy atom. The summed E-state index contributed by atoms with van der Waals surface area (Å²) in [6.45, 7) is 4.02. The van der Waals surface area contributed by atoms with Crippen LogP contribution in [0.25, 0.3) is 16.6 Å². The lowest BCUT2D eigenvalue weighted by molar-refractivity contribution is -0.0591. The zero-order valence-electron chi connectivity index (χ0n) is 24.3. The number of carbonyl (C=O) groups is 1. The van der Waals surface area contributed by atoms with Crippen molar-refractivity contribution >= 4 is 22.6 Å². The minimum atomic E-state index is -0.480. The van der Waals surface area contributed by atoms with Crippen LogP contribution in [0.5, 0.6) is 5.88 Å². The van der Waals surface area contributed by atoms with Crippen LogP contribution < -0.4 is 4.74 Å². The van der Waals surface area contributed by atoms with E-state index in [0.29, 0.717) is 47.8 Å². The quantitative estimate of drug-likeness (QED) is 0.258. The highest BCUT2D eigenvalue weighted by atomic mass is 19.1. The third-order valence-corrected chi connectivity index (χ3v) is 8.73. The van der Waals surface area contributed by atoms with E-state index in [0.717, 1.165) is 55.0 Å². The van der Waals surface area contributed by atoms with Crippen LogP contribution in [0.15, 0.2) is 54.7 Å². The second-order valence-corrected chi connectivity index (χ2v) is 11.6. The number of nitriles is 1. The van der Waals surface area contributed by atoms with Gasteiger partial charge in [0, 0.05) is 37.5 Å². The first-order valence-electron chi connectivity index (χ1n) is 14.7. The number of imidazole rings is 1. The number of nitrogens with zero attached hydrogens (tertiary/aromatic N) is 6. The molecule has 11 heteroatoms. The Bertz CT molecular complexity index is 1810. The predicted molar refractivity (Wildman–Crippen MR) is 158 cm³/mol. The van der Waals surface area contributed by atoms with E-state index in [9.17, 15) is 9.18 Å². The topological polar surface area (TPSA) is 115 Å². The molecule has 2 aliphatic heterocycles. The first-order valence-corrected chi connectivity index (χ1v) is 14.7. The lowest BCUT2D eigenvalue weighted by atomic mass is 10.00. The Balaban J connectivity index is 1.03. The van der Waals surface area contributed by atoms with Gasteiger partial charge in [0.2, 0.25) is 5.88 Å². The van der Waals surface area contributed by atoms with Crippen LogP contribution in [-0.2, 0) is 29.2 Å². The van der Waals surface area contributed by atoms with Crippen molar-refractivity contribution in [3.8, 4) is 11.9 Å². The summed E-state index contributed by atoms with van der Waals surface area (Å²) in [5.41, 5.74) is 4.00. The summed E-state index contributed by atoms with van der Waals surface area (Å²) in [5, 5.41) is 8.95. The third kappa shape index (κ3) is 5.54. The fourth-order valence-electron chi connectivity index (χ4n) is 6.33. The van der Waals surface area contributed by atoms with Crippen LogP contribution >= 0.6 is 0 Å². The fourth-order valence-corrected chi connectivity index (χ4v) is 6.33. The van der Waals surface area contributed by atoms with E-state index in [1.54, 1.807) is 30.5 Å². The molecule has 2 aromatic heterocycles. The maximum absolute atomic E-state index is 14.3. The number of carbonyl (C=O) groups excluding carboxylic acids is 1. The van der Waals surface area contributed by atoms with Crippen LogP contribution in [0.2, 0.25) is 0 Å². The average Bonchev–Trinajstić information content (AvgIpc) is 3.69. The molecule has 4 heterocycles. The van der Waals surface area contributed by atoms with Crippen molar-refractivity contribution in [2.45, 2.75) is 38.6 Å². The first kappa shape index (κ1) is 28.1. The van der Waals surface area contributed by atoms with Gasteiger partial charge in [-0.1, -0.05) is 12.1 Å². The number of halogens is 1. The standard InChI is InChI=1S/C33H31FN6O4/c1-42-33(41)21-4-5-28-29(13-21)40(17-26-7-9-43-26)30(37-28)18-39-15-24-11-23(12-25(24)16-39)32-36-8-6-31(38-32)44-19-22-3-2-20(14-35)10-27(22)34/h2-6,8,10-11,13,24-26H,7,9,12,15-19H2,1H3/t24?,25?,26-/m0/s1. The number of rotatable bonds is 9. The van der Waals surface area contributed by atoms with Crippen molar-refractivity contribution in [1.82, 2.24) is 24.4 Å². The molecular weight excluding hydrogens is 563 g/mol. The van der Waals surface area contributed by atoms with Crippen LogP contribution in [0.4, 0.5) is 4.39 Å². The molecule has 2 fully saturated rings. The molecule has 3 atom stereocenters. The normalized spacial score (nSPS) is 21.0. The van der Waals surface area contributed by atoms with E-state index in [2.05, 4.69) is 25.5 Å². The SMILES string of the molecule is COC(=O)c1ccc2nc(CN3CC4C=C(c5nccc(OCc6ccc(C#N)cc6F)n5)CC4C3)n(C[C@@H]3CCO3)c2c1. The maximum atomic E-state index is 14.3. The fraction of sp³-hybridized carbons (Fsp3) is 0.364. The monoisotopic (exact) mass is 594 g/mol. The molecule has 2 saturated heterocycles. The minimum Gasteiger partial charge on any atom is -0.473 e. The maximum Gasteiger partial charge on any atom is 0.337 e. The molecular formula is C33H31FN6O4. The van der Waals surface area contributed by atoms with Gasteiger partial charge in [-0.2, -0.15) is 10.2 Å². The predicted octanol–water partition coefficient (Wildman–Crippen LogP) is 4.53. The van der Waals surface area contributed by atoms with Gasteiger partial charge in [0.15, 0.2) is 5.82 Å². The van der Waals surface area contributed by atoms with Crippen molar-refractivity contribution in [1.29, 1.82) is 5.26 Å². The summed E-state index contributed by atoms with van der Waals surface area (Å²) in [5.74, 6) is 1.96. The van der Waals surface area contributed by atoms with Gasteiger partial charge in [0.25, 0.3) is 0 Å². The van der Waals surface area contributed by atoms with Gasteiger partial charge in [-0.05, 0) is 60.6 Å². The number of methoxy groups -OCH3 is 1. The van der Waals surface area contributed by atoms with Gasteiger partial charge >= 0.3 is 5.97 Å². The highest BCUT2D eigenvalue weighted by molar-refractivity contribution is 5.93. The highest BCUT2D eigenvalue weighted by Crippen LogP contribution is 2.41. The first-order chi connectivity index (χ1) is 21.5. The van der Waals surface area contributed by atoms with Gasteiger partial charge in [-0.3, -0.25) is 4.90 Å². The number of hydrogen-bond donors (Lipinski definition) is 0. The molecule has 1 aliphatic carbocycles. The summed E-state index contributed by atoms with van der Waals surface area (Å²) in [4.78, 5) is 28.7. The Hall–Kier alpha value is -4.66. The molecule has 0 amide bonds. The number of benzene rings is 2. The number of hydrogen-bond acceptors (Lipinski definition) is 9. The molecule has 4 aromatic rings.